The minimum absolute atomic E-state index is 0. The van der Waals surface area contributed by atoms with Gasteiger partial charge in [-0.15, -0.1) is 12.4 Å². The van der Waals surface area contributed by atoms with Crippen molar-refractivity contribution in [2.24, 2.45) is 0 Å². The second kappa shape index (κ2) is 5.68. The van der Waals surface area contributed by atoms with Gasteiger partial charge in [0.25, 0.3) is 0 Å². The molecule has 0 heterocycles. The van der Waals surface area contributed by atoms with E-state index in [9.17, 15) is 0 Å². The maximum Gasteiger partial charge on any atom is 0.156 e. The van der Waals surface area contributed by atoms with Crippen molar-refractivity contribution in [2.75, 3.05) is 0 Å². The van der Waals surface area contributed by atoms with Gasteiger partial charge in [-0.05, 0) is 13.1 Å². The summed E-state index contributed by atoms with van der Waals surface area (Å²) in [6.45, 7) is 4.35. The molecule has 0 radical (unpaired) electrons. The van der Waals surface area contributed by atoms with Crippen LogP contribution in [0.3, 0.4) is 0 Å². The molecule has 0 spiro atoms. The van der Waals surface area contributed by atoms with Crippen molar-refractivity contribution in [1.82, 2.24) is 0 Å². The molecule has 0 aliphatic heterocycles. The summed E-state index contributed by atoms with van der Waals surface area (Å²) in [5.41, 5.74) is 0. The van der Waals surface area contributed by atoms with Crippen molar-refractivity contribution in [3.05, 3.63) is 0 Å². The summed E-state index contributed by atoms with van der Waals surface area (Å²) in [7, 11) is 0.347. The number of hydrogen-bond donors (Lipinski definition) is 0. The first-order chi connectivity index (χ1) is 2.27. The highest BCUT2D eigenvalue weighted by molar-refractivity contribution is 6.52. The largest absolute Gasteiger partial charge is 0.466 e. The Morgan fingerprint density at radius 2 is 1.67 bits per heavy atom. The van der Waals surface area contributed by atoms with Gasteiger partial charge in [0.05, 0.1) is 0 Å². The molecule has 0 bridgehead atoms. The van der Waals surface area contributed by atoms with E-state index in [2.05, 4.69) is 13.1 Å². The van der Waals surface area contributed by atoms with Crippen molar-refractivity contribution >= 4 is 31.9 Å². The van der Waals surface area contributed by atoms with Crippen LogP contribution in [0.25, 0.3) is 0 Å². The summed E-state index contributed by atoms with van der Waals surface area (Å²) >= 11 is 0. The van der Waals surface area contributed by atoms with E-state index in [1.807, 2.05) is 0 Å². The summed E-state index contributed by atoms with van der Waals surface area (Å²) in [5, 5.41) is 0. The Balaban J connectivity index is 0. The quantitative estimate of drug-likeness (QED) is 0.457. The van der Waals surface area contributed by atoms with Crippen LogP contribution in [0, 0.1) is 0 Å². The van der Waals surface area contributed by atoms with Gasteiger partial charge in [0.15, 0.2) is 9.04 Å². The molecule has 0 rings (SSSR count). The van der Waals surface area contributed by atoms with Crippen molar-refractivity contribution < 1.29 is 4.12 Å². The van der Waals surface area contributed by atoms with Crippen LogP contribution in [-0.4, -0.2) is 19.5 Å². The minimum Gasteiger partial charge on any atom is -0.466 e. The molecule has 0 fully saturated rings. The summed E-state index contributed by atoms with van der Waals surface area (Å²) in [4.78, 5) is 0. The molecule has 0 aromatic heterocycles. The van der Waals surface area contributed by atoms with E-state index in [1.54, 1.807) is 0 Å². The van der Waals surface area contributed by atoms with E-state index in [0.29, 0.717) is 0 Å². The normalized spacial score (nSPS) is 8.50. The van der Waals surface area contributed by atoms with Gasteiger partial charge in [-0.25, -0.2) is 0 Å². The molecule has 0 aromatic carbocycles. The van der Waals surface area contributed by atoms with Gasteiger partial charge in [0, 0.05) is 0 Å². The van der Waals surface area contributed by atoms with Crippen LogP contribution in [0.15, 0.2) is 0 Å². The molecule has 0 N–H and O–H groups in total. The minimum atomic E-state index is -0.588. The summed E-state index contributed by atoms with van der Waals surface area (Å²) in [5.74, 6) is 0. The van der Waals surface area contributed by atoms with Gasteiger partial charge in [0.1, 0.15) is 10.5 Å². The van der Waals surface area contributed by atoms with Gasteiger partial charge >= 0.3 is 0 Å². The van der Waals surface area contributed by atoms with Crippen LogP contribution in [0.4, 0.5) is 0 Å². The fraction of sp³-hybridized carbons (Fsp3) is 1.00. The smallest absolute Gasteiger partial charge is 0.156 e. The predicted octanol–water partition coefficient (Wildman–Crippen LogP) is -0.311. The Hall–Kier alpha value is 0.684. The lowest BCUT2D eigenvalue weighted by molar-refractivity contribution is 0.647. The predicted molar refractivity (Wildman–Crippen MR) is 37.1 cm³/mol. The van der Waals surface area contributed by atoms with Gasteiger partial charge in [-0.1, -0.05) is 0 Å². The van der Waals surface area contributed by atoms with E-state index in [-0.39, 0.29) is 12.4 Å². The fourth-order valence-corrected chi connectivity index (χ4v) is 0. The maximum atomic E-state index is 5.03. The van der Waals surface area contributed by atoms with Gasteiger partial charge in [-0.2, -0.15) is 0 Å². The zero-order chi connectivity index (χ0) is 4.28. The van der Waals surface area contributed by atoms with Crippen molar-refractivity contribution in [2.45, 2.75) is 13.1 Å². The summed E-state index contributed by atoms with van der Waals surface area (Å²) < 4.78 is 5.03. The molecule has 6 heavy (non-hydrogen) atoms. The standard InChI is InChI=1S/C2H10OSi2.ClH/c1-5(2)3-4;/h5H,1-2,4H3;1H. The molecule has 0 aliphatic carbocycles. The van der Waals surface area contributed by atoms with Crippen LogP contribution in [0.1, 0.15) is 0 Å². The van der Waals surface area contributed by atoms with E-state index in [0.717, 1.165) is 10.5 Å². The topological polar surface area (TPSA) is 9.23 Å². The van der Waals surface area contributed by atoms with E-state index in [4.69, 9.17) is 4.12 Å². The van der Waals surface area contributed by atoms with Crippen LogP contribution in [-0.2, 0) is 4.12 Å². The fourth-order valence-electron chi connectivity index (χ4n) is 0. The second-order valence-electron chi connectivity index (χ2n) is 1.28. The molecule has 40 valence electrons. The molecule has 4 heteroatoms. The third kappa shape index (κ3) is 8.82. The van der Waals surface area contributed by atoms with Crippen molar-refractivity contribution in [3.63, 3.8) is 0 Å². The number of hydrogen-bond acceptors (Lipinski definition) is 1. The van der Waals surface area contributed by atoms with Crippen LogP contribution in [0.5, 0.6) is 0 Å². The molecular formula is C2H11ClOSi2. The third-order valence-corrected chi connectivity index (χ3v) is 4.24. The Morgan fingerprint density at radius 3 is 1.67 bits per heavy atom. The second-order valence-corrected chi connectivity index (χ2v) is 5.27. The molecule has 0 amide bonds. The molecule has 0 saturated carbocycles. The van der Waals surface area contributed by atoms with Gasteiger partial charge < -0.3 is 4.12 Å². The van der Waals surface area contributed by atoms with E-state index >= 15 is 0 Å². The van der Waals surface area contributed by atoms with Gasteiger partial charge in [0.2, 0.25) is 0 Å². The lowest BCUT2D eigenvalue weighted by Gasteiger charge is -1.93. The zero-order valence-electron chi connectivity index (χ0n) is 4.39. The Bertz CT molecular complexity index is 25.5. The van der Waals surface area contributed by atoms with Crippen molar-refractivity contribution in [1.29, 1.82) is 0 Å². The zero-order valence-corrected chi connectivity index (χ0v) is 8.37. The summed E-state index contributed by atoms with van der Waals surface area (Å²) in [6.07, 6.45) is 0. The number of rotatable bonds is 1. The SMILES string of the molecule is C[SiH](C)O[SiH3].Cl. The van der Waals surface area contributed by atoms with Gasteiger partial charge in [-0.3, -0.25) is 0 Å². The molecule has 0 atom stereocenters. The van der Waals surface area contributed by atoms with E-state index < -0.39 is 9.04 Å². The Labute approximate surface area is 49.8 Å². The highest BCUT2D eigenvalue weighted by atomic mass is 35.5. The Morgan fingerprint density at radius 1 is 1.50 bits per heavy atom. The highest BCUT2D eigenvalue weighted by Gasteiger charge is 1.82. The lowest BCUT2D eigenvalue weighted by Crippen LogP contribution is -2.02. The molecule has 0 aliphatic rings. The third-order valence-electron chi connectivity index (χ3n) is 0.471. The number of halogens is 1. The highest BCUT2D eigenvalue weighted by Crippen LogP contribution is 1.72. The first kappa shape index (κ1) is 9.84. The first-order valence-corrected chi connectivity index (χ1v) is 5.40. The average molecular weight is 143 g/mol. The summed E-state index contributed by atoms with van der Waals surface area (Å²) in [6, 6.07) is 0. The lowest BCUT2D eigenvalue weighted by atomic mass is 11.9. The maximum absolute atomic E-state index is 5.03. The van der Waals surface area contributed by atoms with Crippen LogP contribution >= 0.6 is 12.4 Å². The Kier molecular flexibility index (Phi) is 9.32. The van der Waals surface area contributed by atoms with E-state index in [1.165, 1.54) is 0 Å². The average Bonchev–Trinajstić information content (AvgIpc) is 1.38. The molecule has 1 nitrogen and oxygen atoms in total. The molecule has 0 aromatic rings. The van der Waals surface area contributed by atoms with Crippen LogP contribution < -0.4 is 0 Å². The monoisotopic (exact) mass is 142 g/mol. The first-order valence-electron chi connectivity index (χ1n) is 1.80. The molecule has 0 saturated heterocycles. The van der Waals surface area contributed by atoms with Crippen LogP contribution in [0.2, 0.25) is 13.1 Å². The molecular weight excluding hydrogens is 132 g/mol. The molecule has 0 unspecified atom stereocenters. The van der Waals surface area contributed by atoms with Crippen molar-refractivity contribution in [3.8, 4) is 0 Å².